The van der Waals surface area contributed by atoms with Crippen molar-refractivity contribution < 1.29 is 31.8 Å². The molecule has 0 aromatic carbocycles. The number of rotatable bonds is 4. The molecule has 0 saturated carbocycles. The van der Waals surface area contributed by atoms with Gasteiger partial charge in [0.1, 0.15) is 5.56 Å². The van der Waals surface area contributed by atoms with Gasteiger partial charge in [-0.25, -0.2) is 9.18 Å². The lowest BCUT2D eigenvalue weighted by Gasteiger charge is -2.14. The highest BCUT2D eigenvalue weighted by atomic mass is 19.4. The minimum atomic E-state index is -5.13. The summed E-state index contributed by atoms with van der Waals surface area (Å²) in [5.74, 6) is -3.87. The van der Waals surface area contributed by atoms with Crippen molar-refractivity contribution in [2.75, 3.05) is 6.61 Å². The summed E-state index contributed by atoms with van der Waals surface area (Å²) in [7, 11) is 0. The van der Waals surface area contributed by atoms with Crippen LogP contribution in [0.4, 0.5) is 17.6 Å². The van der Waals surface area contributed by atoms with Crippen LogP contribution >= 0.6 is 0 Å². The molecule has 0 aliphatic carbocycles. The van der Waals surface area contributed by atoms with Crippen molar-refractivity contribution in [3.8, 4) is 5.75 Å². The van der Waals surface area contributed by atoms with E-state index in [-0.39, 0.29) is 6.61 Å². The molecule has 0 aliphatic heterocycles. The molecule has 9 heteroatoms. The summed E-state index contributed by atoms with van der Waals surface area (Å²) < 4.78 is 58.2. The van der Waals surface area contributed by atoms with Crippen LogP contribution in [0.3, 0.4) is 0 Å². The van der Waals surface area contributed by atoms with Gasteiger partial charge in [-0.05, 0) is 6.92 Å². The largest absolute Gasteiger partial charge is 0.573 e. The Morgan fingerprint density at radius 3 is 2.58 bits per heavy atom. The lowest BCUT2D eigenvalue weighted by Crippen LogP contribution is -2.21. The van der Waals surface area contributed by atoms with E-state index in [9.17, 15) is 22.4 Å². The van der Waals surface area contributed by atoms with Gasteiger partial charge in [0.15, 0.2) is 11.6 Å². The molecular formula is C10H10F4N2O3. The number of ether oxygens (including phenoxy) is 2. The zero-order valence-electron chi connectivity index (χ0n) is 9.75. The molecule has 1 rings (SSSR count). The number of hydrogen-bond donors (Lipinski definition) is 1. The average Bonchev–Trinajstić information content (AvgIpc) is 2.30. The highest BCUT2D eigenvalue weighted by Crippen LogP contribution is 2.30. The Balaban J connectivity index is 3.25. The van der Waals surface area contributed by atoms with Crippen LogP contribution in [0, 0.1) is 5.82 Å². The quantitative estimate of drug-likeness (QED) is 0.672. The van der Waals surface area contributed by atoms with Crippen LogP contribution in [0.25, 0.3) is 0 Å². The number of carbonyl (C=O) groups is 1. The van der Waals surface area contributed by atoms with E-state index >= 15 is 0 Å². The molecule has 0 radical (unpaired) electrons. The van der Waals surface area contributed by atoms with Crippen molar-refractivity contribution in [2.45, 2.75) is 19.8 Å². The molecule has 1 heterocycles. The lowest BCUT2D eigenvalue weighted by molar-refractivity contribution is -0.276. The molecule has 0 spiro atoms. The van der Waals surface area contributed by atoms with Crippen molar-refractivity contribution in [3.05, 3.63) is 23.3 Å². The molecule has 1 aromatic heterocycles. The number of alkyl halides is 3. The number of aromatic nitrogens is 1. The SMILES string of the molecule is CCOC(=O)c1cnc(CN)c(OC(F)(F)F)c1F. The Morgan fingerprint density at radius 2 is 2.11 bits per heavy atom. The Morgan fingerprint density at radius 1 is 1.47 bits per heavy atom. The summed E-state index contributed by atoms with van der Waals surface area (Å²) >= 11 is 0. The molecule has 5 nitrogen and oxygen atoms in total. The molecule has 0 amide bonds. The summed E-state index contributed by atoms with van der Waals surface area (Å²) in [6.45, 7) is 0.919. The number of nitrogens with zero attached hydrogens (tertiary/aromatic N) is 1. The number of carbonyl (C=O) groups excluding carboxylic acids is 1. The van der Waals surface area contributed by atoms with Crippen molar-refractivity contribution in [3.63, 3.8) is 0 Å². The van der Waals surface area contributed by atoms with Crippen LogP contribution in [0.1, 0.15) is 23.0 Å². The van der Waals surface area contributed by atoms with E-state index in [1.165, 1.54) is 6.92 Å². The zero-order chi connectivity index (χ0) is 14.6. The predicted molar refractivity (Wildman–Crippen MR) is 54.7 cm³/mol. The normalized spacial score (nSPS) is 11.3. The van der Waals surface area contributed by atoms with Gasteiger partial charge < -0.3 is 15.2 Å². The Hall–Kier alpha value is -1.90. The fraction of sp³-hybridized carbons (Fsp3) is 0.400. The van der Waals surface area contributed by atoms with Crippen LogP contribution in [-0.2, 0) is 11.3 Å². The van der Waals surface area contributed by atoms with Gasteiger partial charge in [-0.15, -0.1) is 13.2 Å². The second-order valence-electron chi connectivity index (χ2n) is 3.23. The molecule has 0 unspecified atom stereocenters. The number of hydrogen-bond acceptors (Lipinski definition) is 5. The minimum absolute atomic E-state index is 0.0631. The van der Waals surface area contributed by atoms with E-state index in [1.807, 2.05) is 0 Å². The molecule has 0 saturated heterocycles. The first-order valence-corrected chi connectivity index (χ1v) is 5.10. The third-order valence-corrected chi connectivity index (χ3v) is 1.95. The van der Waals surface area contributed by atoms with E-state index in [2.05, 4.69) is 14.5 Å². The Labute approximate surface area is 105 Å². The van der Waals surface area contributed by atoms with Gasteiger partial charge >= 0.3 is 12.3 Å². The first-order valence-electron chi connectivity index (χ1n) is 5.10. The summed E-state index contributed by atoms with van der Waals surface area (Å²) in [4.78, 5) is 14.8. The van der Waals surface area contributed by atoms with Crippen LogP contribution in [0.5, 0.6) is 5.75 Å². The van der Waals surface area contributed by atoms with Crippen molar-refractivity contribution in [2.24, 2.45) is 5.73 Å². The van der Waals surface area contributed by atoms with Crippen molar-refractivity contribution >= 4 is 5.97 Å². The van der Waals surface area contributed by atoms with Crippen molar-refractivity contribution in [1.82, 2.24) is 4.98 Å². The summed E-state index contributed by atoms with van der Waals surface area (Å²) in [5, 5.41) is 0. The molecule has 0 aliphatic rings. The van der Waals surface area contributed by atoms with E-state index in [4.69, 9.17) is 5.73 Å². The molecule has 0 atom stereocenters. The predicted octanol–water partition coefficient (Wildman–Crippen LogP) is 1.75. The first-order chi connectivity index (χ1) is 8.80. The maximum Gasteiger partial charge on any atom is 0.573 e. The molecular weight excluding hydrogens is 272 g/mol. The standard InChI is InChI=1S/C10H10F4N2O3/c1-2-18-9(17)5-4-16-6(3-15)8(7(5)11)19-10(12,13)14/h4H,2-3,15H2,1H3. The topological polar surface area (TPSA) is 74.4 Å². The Bertz CT molecular complexity index is 477. The van der Waals surface area contributed by atoms with Crippen LogP contribution in [0.15, 0.2) is 6.20 Å². The number of pyridine rings is 1. The molecule has 1 aromatic rings. The van der Waals surface area contributed by atoms with E-state index < -0.39 is 41.7 Å². The average molecular weight is 282 g/mol. The van der Waals surface area contributed by atoms with Gasteiger partial charge in [-0.3, -0.25) is 4.98 Å². The van der Waals surface area contributed by atoms with Gasteiger partial charge in [-0.2, -0.15) is 0 Å². The zero-order valence-corrected chi connectivity index (χ0v) is 9.75. The number of esters is 1. The highest BCUT2D eigenvalue weighted by Gasteiger charge is 2.35. The third-order valence-electron chi connectivity index (χ3n) is 1.95. The van der Waals surface area contributed by atoms with Crippen LogP contribution in [0.2, 0.25) is 0 Å². The number of halogens is 4. The molecule has 106 valence electrons. The highest BCUT2D eigenvalue weighted by molar-refractivity contribution is 5.90. The second kappa shape index (κ2) is 5.83. The molecule has 0 bridgehead atoms. The van der Waals surface area contributed by atoms with E-state index in [0.29, 0.717) is 0 Å². The van der Waals surface area contributed by atoms with Gasteiger partial charge in [0.25, 0.3) is 0 Å². The lowest BCUT2D eigenvalue weighted by atomic mass is 10.2. The van der Waals surface area contributed by atoms with Crippen LogP contribution < -0.4 is 10.5 Å². The van der Waals surface area contributed by atoms with Gasteiger partial charge in [0, 0.05) is 12.7 Å². The van der Waals surface area contributed by atoms with Crippen molar-refractivity contribution in [1.29, 1.82) is 0 Å². The maximum atomic E-state index is 13.8. The fourth-order valence-corrected chi connectivity index (χ4v) is 1.22. The van der Waals surface area contributed by atoms with Gasteiger partial charge in [0.2, 0.25) is 0 Å². The molecule has 2 N–H and O–H groups in total. The van der Waals surface area contributed by atoms with Crippen LogP contribution in [-0.4, -0.2) is 23.9 Å². The van der Waals surface area contributed by atoms with Gasteiger partial charge in [0.05, 0.1) is 12.3 Å². The molecule has 19 heavy (non-hydrogen) atoms. The summed E-state index contributed by atoms with van der Waals surface area (Å²) in [5.41, 5.74) is 3.92. The first kappa shape index (κ1) is 15.2. The summed E-state index contributed by atoms with van der Waals surface area (Å²) in [6.07, 6.45) is -4.38. The number of nitrogens with two attached hydrogens (primary N) is 1. The maximum absolute atomic E-state index is 13.8. The fourth-order valence-electron chi connectivity index (χ4n) is 1.22. The molecule has 0 fully saturated rings. The summed E-state index contributed by atoms with van der Waals surface area (Å²) in [6, 6.07) is 0. The van der Waals surface area contributed by atoms with E-state index in [1.54, 1.807) is 0 Å². The monoisotopic (exact) mass is 282 g/mol. The Kier molecular flexibility index (Phi) is 4.65. The second-order valence-corrected chi connectivity index (χ2v) is 3.23. The third kappa shape index (κ3) is 3.78. The van der Waals surface area contributed by atoms with E-state index in [0.717, 1.165) is 6.20 Å². The van der Waals surface area contributed by atoms with Gasteiger partial charge in [-0.1, -0.05) is 0 Å². The minimum Gasteiger partial charge on any atom is -0.462 e. The smallest absolute Gasteiger partial charge is 0.462 e.